The highest BCUT2D eigenvalue weighted by molar-refractivity contribution is 7.99. The number of thioether (sulfide) groups is 1. The van der Waals surface area contributed by atoms with Crippen molar-refractivity contribution in [3.63, 3.8) is 0 Å². The molecule has 106 valence electrons. The molecule has 4 nitrogen and oxygen atoms in total. The average Bonchev–Trinajstić information content (AvgIpc) is 3.07. The van der Waals surface area contributed by atoms with Gasteiger partial charge in [0.25, 0.3) is 0 Å². The largest absolute Gasteiger partial charge is 0.383 e. The zero-order chi connectivity index (χ0) is 13.9. The lowest BCUT2D eigenvalue weighted by molar-refractivity contribution is 0.129. The second-order valence-corrected chi connectivity index (χ2v) is 6.02. The molecule has 1 aliphatic heterocycles. The molecule has 1 unspecified atom stereocenters. The molecule has 3 rings (SSSR count). The first-order valence-electron chi connectivity index (χ1n) is 6.90. The zero-order valence-electron chi connectivity index (χ0n) is 11.6. The molecule has 0 amide bonds. The number of aromatic nitrogens is 2. The predicted octanol–water partition coefficient (Wildman–Crippen LogP) is 3.03. The molecule has 5 heteroatoms. The molecular formula is C15H19N3OS. The number of hydrogen-bond donors (Lipinski definition) is 1. The lowest BCUT2D eigenvalue weighted by Gasteiger charge is -2.09. The molecule has 2 heterocycles. The summed E-state index contributed by atoms with van der Waals surface area (Å²) < 4.78 is 7.47. The van der Waals surface area contributed by atoms with E-state index < -0.39 is 0 Å². The molecule has 0 bridgehead atoms. The Morgan fingerprint density at radius 3 is 2.90 bits per heavy atom. The molecule has 2 aromatic rings. The summed E-state index contributed by atoms with van der Waals surface area (Å²) in [7, 11) is 0. The van der Waals surface area contributed by atoms with Crippen LogP contribution in [-0.2, 0) is 4.74 Å². The number of nitrogens with zero attached hydrogens (tertiary/aromatic N) is 2. The van der Waals surface area contributed by atoms with Crippen molar-refractivity contribution in [1.29, 1.82) is 0 Å². The summed E-state index contributed by atoms with van der Waals surface area (Å²) in [6.45, 7) is 2.90. The summed E-state index contributed by atoms with van der Waals surface area (Å²) in [5.41, 5.74) is 8.24. The van der Waals surface area contributed by atoms with Gasteiger partial charge in [-0.15, -0.1) is 11.8 Å². The molecule has 2 N–H and O–H groups in total. The number of nitrogen functional groups attached to an aromatic ring is 1. The van der Waals surface area contributed by atoms with Crippen LogP contribution in [0.15, 0.2) is 35.2 Å². The number of rotatable bonds is 4. The van der Waals surface area contributed by atoms with Crippen LogP contribution in [0.3, 0.4) is 0 Å². The first kappa shape index (κ1) is 13.5. The maximum absolute atomic E-state index is 6.26. The van der Waals surface area contributed by atoms with Gasteiger partial charge in [-0.05, 0) is 31.9 Å². The Bertz CT molecular complexity index is 576. The number of para-hydroxylation sites is 1. The lowest BCUT2D eigenvalue weighted by Crippen LogP contribution is -2.08. The molecular weight excluding hydrogens is 270 g/mol. The summed E-state index contributed by atoms with van der Waals surface area (Å²) in [6.07, 6.45) is 2.68. The fourth-order valence-electron chi connectivity index (χ4n) is 2.43. The summed E-state index contributed by atoms with van der Waals surface area (Å²) >= 11 is 1.75. The van der Waals surface area contributed by atoms with Gasteiger partial charge in [0.15, 0.2) is 0 Å². The fourth-order valence-corrected chi connectivity index (χ4v) is 3.53. The highest BCUT2D eigenvalue weighted by Gasteiger charge is 2.19. The number of hydrogen-bond acceptors (Lipinski definition) is 4. The maximum Gasteiger partial charge on any atom is 0.141 e. The van der Waals surface area contributed by atoms with Gasteiger partial charge in [0.2, 0.25) is 0 Å². The van der Waals surface area contributed by atoms with Crippen molar-refractivity contribution >= 4 is 17.6 Å². The molecule has 1 aliphatic rings. The first-order valence-corrected chi connectivity index (χ1v) is 7.89. The summed E-state index contributed by atoms with van der Waals surface area (Å²) in [6, 6.07) is 9.99. The molecule has 1 fully saturated rings. The van der Waals surface area contributed by atoms with Crippen LogP contribution in [0.5, 0.6) is 0 Å². The van der Waals surface area contributed by atoms with E-state index >= 15 is 0 Å². The van der Waals surface area contributed by atoms with E-state index in [-0.39, 0.29) is 0 Å². The molecule has 0 spiro atoms. The van der Waals surface area contributed by atoms with Crippen LogP contribution in [-0.4, -0.2) is 28.2 Å². The van der Waals surface area contributed by atoms with E-state index in [0.717, 1.165) is 40.9 Å². The van der Waals surface area contributed by atoms with Gasteiger partial charge in [-0.3, -0.25) is 0 Å². The Balaban J connectivity index is 1.79. The van der Waals surface area contributed by atoms with Crippen LogP contribution in [0.1, 0.15) is 18.5 Å². The van der Waals surface area contributed by atoms with Crippen molar-refractivity contribution in [2.75, 3.05) is 18.1 Å². The second-order valence-electron chi connectivity index (χ2n) is 4.99. The fraction of sp³-hybridized carbons (Fsp3) is 0.400. The SMILES string of the molecule is Cc1nn(-c2ccccc2)c(N)c1SCC1CCCO1. The van der Waals surface area contributed by atoms with E-state index in [9.17, 15) is 0 Å². The molecule has 0 aliphatic carbocycles. The van der Waals surface area contributed by atoms with Crippen molar-refractivity contribution in [3.8, 4) is 5.69 Å². The van der Waals surface area contributed by atoms with E-state index in [4.69, 9.17) is 10.5 Å². The smallest absolute Gasteiger partial charge is 0.141 e. The highest BCUT2D eigenvalue weighted by Crippen LogP contribution is 2.32. The Hall–Kier alpha value is -1.46. The average molecular weight is 289 g/mol. The van der Waals surface area contributed by atoms with Crippen molar-refractivity contribution in [2.24, 2.45) is 0 Å². The molecule has 20 heavy (non-hydrogen) atoms. The van der Waals surface area contributed by atoms with Crippen LogP contribution < -0.4 is 5.73 Å². The maximum atomic E-state index is 6.26. The minimum atomic E-state index is 0.360. The second kappa shape index (κ2) is 5.89. The third-order valence-electron chi connectivity index (χ3n) is 3.48. The van der Waals surface area contributed by atoms with Crippen LogP contribution in [0.4, 0.5) is 5.82 Å². The number of aryl methyl sites for hydroxylation is 1. The Morgan fingerprint density at radius 1 is 1.40 bits per heavy atom. The monoisotopic (exact) mass is 289 g/mol. The normalized spacial score (nSPS) is 18.6. The topological polar surface area (TPSA) is 53.1 Å². The molecule has 1 aromatic carbocycles. The minimum absolute atomic E-state index is 0.360. The standard InChI is InChI=1S/C15H19N3OS/c1-11-14(20-10-13-8-5-9-19-13)15(16)18(17-11)12-6-3-2-4-7-12/h2-4,6-7,13H,5,8-10,16H2,1H3. The van der Waals surface area contributed by atoms with Gasteiger partial charge in [0.1, 0.15) is 5.82 Å². The van der Waals surface area contributed by atoms with Gasteiger partial charge in [-0.25, -0.2) is 4.68 Å². The summed E-state index contributed by atoms with van der Waals surface area (Å²) in [5, 5.41) is 4.56. The van der Waals surface area contributed by atoms with Gasteiger partial charge >= 0.3 is 0 Å². The third kappa shape index (κ3) is 2.69. The lowest BCUT2D eigenvalue weighted by atomic mass is 10.3. The molecule has 0 saturated carbocycles. The minimum Gasteiger partial charge on any atom is -0.383 e. The molecule has 1 atom stereocenters. The van der Waals surface area contributed by atoms with Crippen molar-refractivity contribution in [2.45, 2.75) is 30.8 Å². The van der Waals surface area contributed by atoms with E-state index in [1.165, 1.54) is 6.42 Å². The van der Waals surface area contributed by atoms with E-state index in [0.29, 0.717) is 6.10 Å². The first-order chi connectivity index (χ1) is 9.75. The molecule has 0 radical (unpaired) electrons. The van der Waals surface area contributed by atoms with Gasteiger partial charge < -0.3 is 10.5 Å². The van der Waals surface area contributed by atoms with Crippen molar-refractivity contribution in [1.82, 2.24) is 9.78 Å². The number of anilines is 1. The third-order valence-corrected chi connectivity index (χ3v) is 4.81. The quantitative estimate of drug-likeness (QED) is 0.879. The molecule has 1 aromatic heterocycles. The number of ether oxygens (including phenoxy) is 1. The Kier molecular flexibility index (Phi) is 3.98. The highest BCUT2D eigenvalue weighted by atomic mass is 32.2. The number of nitrogens with two attached hydrogens (primary N) is 1. The summed E-state index contributed by atoms with van der Waals surface area (Å²) in [4.78, 5) is 1.07. The van der Waals surface area contributed by atoms with Crippen LogP contribution in [0, 0.1) is 6.92 Å². The van der Waals surface area contributed by atoms with Crippen LogP contribution in [0.25, 0.3) is 5.69 Å². The predicted molar refractivity (Wildman–Crippen MR) is 82.4 cm³/mol. The summed E-state index contributed by atoms with van der Waals surface area (Å²) in [5.74, 6) is 1.67. The zero-order valence-corrected chi connectivity index (χ0v) is 12.4. The van der Waals surface area contributed by atoms with Gasteiger partial charge in [-0.2, -0.15) is 5.10 Å². The van der Waals surface area contributed by atoms with E-state index in [1.807, 2.05) is 41.9 Å². The Labute approximate surface area is 123 Å². The molecule has 1 saturated heterocycles. The van der Waals surface area contributed by atoms with Crippen LogP contribution in [0.2, 0.25) is 0 Å². The van der Waals surface area contributed by atoms with E-state index in [1.54, 1.807) is 11.8 Å². The van der Waals surface area contributed by atoms with Crippen LogP contribution >= 0.6 is 11.8 Å². The van der Waals surface area contributed by atoms with Gasteiger partial charge in [0.05, 0.1) is 22.4 Å². The number of benzene rings is 1. The van der Waals surface area contributed by atoms with E-state index in [2.05, 4.69) is 5.10 Å². The van der Waals surface area contributed by atoms with Crippen molar-refractivity contribution < 1.29 is 4.74 Å². The Morgan fingerprint density at radius 2 is 2.20 bits per heavy atom. The van der Waals surface area contributed by atoms with Gasteiger partial charge in [-0.1, -0.05) is 18.2 Å². The van der Waals surface area contributed by atoms with Gasteiger partial charge in [0, 0.05) is 12.4 Å². The van der Waals surface area contributed by atoms with Crippen molar-refractivity contribution in [3.05, 3.63) is 36.0 Å².